The molecular formula is C16H23BrN2O3. The number of rotatable bonds is 5. The molecule has 0 saturated heterocycles. The summed E-state index contributed by atoms with van der Waals surface area (Å²) < 4.78 is 6.53. The van der Waals surface area contributed by atoms with Crippen LogP contribution in [0.25, 0.3) is 0 Å². The molecule has 1 rings (SSSR count). The van der Waals surface area contributed by atoms with E-state index in [4.69, 9.17) is 4.74 Å². The fourth-order valence-corrected chi connectivity index (χ4v) is 2.09. The smallest absolute Gasteiger partial charge is 0.263 e. The molecule has 0 aromatic heterocycles. The van der Waals surface area contributed by atoms with E-state index in [2.05, 4.69) is 21.2 Å². The standard InChI is InChI=1S/C16H23BrN2O3/c1-11(22-13-8-6-12(17)7-9-13)15(21)19(5)10-14(20)18-16(2,3)4/h6-9,11H,10H2,1-5H3,(H,18,20)/t11-/m0/s1. The van der Waals surface area contributed by atoms with Crippen molar-refractivity contribution in [3.63, 3.8) is 0 Å². The van der Waals surface area contributed by atoms with Gasteiger partial charge in [-0.05, 0) is 52.0 Å². The van der Waals surface area contributed by atoms with E-state index >= 15 is 0 Å². The van der Waals surface area contributed by atoms with E-state index in [1.165, 1.54) is 4.90 Å². The minimum absolute atomic E-state index is 0.00411. The number of nitrogens with one attached hydrogen (secondary N) is 1. The zero-order valence-corrected chi connectivity index (χ0v) is 15.2. The lowest BCUT2D eigenvalue weighted by Gasteiger charge is -2.25. The van der Waals surface area contributed by atoms with Crippen LogP contribution in [0.2, 0.25) is 0 Å². The molecule has 6 heteroatoms. The number of carbonyl (C=O) groups excluding carboxylic acids is 2. The fraction of sp³-hybridized carbons (Fsp3) is 0.500. The second-order valence-electron chi connectivity index (χ2n) is 6.21. The van der Waals surface area contributed by atoms with Gasteiger partial charge < -0.3 is 15.0 Å². The lowest BCUT2D eigenvalue weighted by molar-refractivity contribution is -0.140. The number of amides is 2. The van der Waals surface area contributed by atoms with Crippen LogP contribution in [-0.4, -0.2) is 41.9 Å². The van der Waals surface area contributed by atoms with Crippen molar-refractivity contribution in [2.45, 2.75) is 39.3 Å². The maximum atomic E-state index is 12.2. The van der Waals surface area contributed by atoms with E-state index in [0.29, 0.717) is 5.75 Å². The van der Waals surface area contributed by atoms with Gasteiger partial charge in [0.2, 0.25) is 5.91 Å². The average molecular weight is 371 g/mol. The molecule has 0 fully saturated rings. The van der Waals surface area contributed by atoms with E-state index < -0.39 is 6.10 Å². The number of nitrogens with zero attached hydrogens (tertiary/aromatic N) is 1. The molecular weight excluding hydrogens is 348 g/mol. The molecule has 2 amide bonds. The summed E-state index contributed by atoms with van der Waals surface area (Å²) >= 11 is 3.34. The molecule has 1 aromatic rings. The van der Waals surface area contributed by atoms with Crippen molar-refractivity contribution in [3.05, 3.63) is 28.7 Å². The predicted molar refractivity (Wildman–Crippen MR) is 89.8 cm³/mol. The van der Waals surface area contributed by atoms with Gasteiger partial charge in [0, 0.05) is 17.1 Å². The van der Waals surface area contributed by atoms with Crippen molar-refractivity contribution in [2.75, 3.05) is 13.6 Å². The van der Waals surface area contributed by atoms with Crippen molar-refractivity contribution in [3.8, 4) is 5.75 Å². The van der Waals surface area contributed by atoms with Crippen LogP contribution in [0.3, 0.4) is 0 Å². The molecule has 0 saturated carbocycles. The summed E-state index contributed by atoms with van der Waals surface area (Å²) in [5, 5.41) is 2.82. The maximum Gasteiger partial charge on any atom is 0.263 e. The van der Waals surface area contributed by atoms with Gasteiger partial charge >= 0.3 is 0 Å². The van der Waals surface area contributed by atoms with Crippen LogP contribution in [-0.2, 0) is 9.59 Å². The Bertz CT molecular complexity index is 523. The van der Waals surface area contributed by atoms with Crippen LogP contribution < -0.4 is 10.1 Å². The van der Waals surface area contributed by atoms with Gasteiger partial charge in [-0.2, -0.15) is 0 Å². The normalized spacial score (nSPS) is 12.5. The number of ether oxygens (including phenoxy) is 1. The first-order valence-corrected chi connectivity index (χ1v) is 7.86. The van der Waals surface area contributed by atoms with Gasteiger partial charge in [-0.3, -0.25) is 9.59 Å². The number of carbonyl (C=O) groups is 2. The summed E-state index contributed by atoms with van der Waals surface area (Å²) in [5.74, 6) is 0.169. The van der Waals surface area contributed by atoms with Crippen molar-refractivity contribution in [2.24, 2.45) is 0 Å². The largest absolute Gasteiger partial charge is 0.481 e. The van der Waals surface area contributed by atoms with Crippen molar-refractivity contribution in [1.29, 1.82) is 0 Å². The summed E-state index contributed by atoms with van der Waals surface area (Å²) in [7, 11) is 1.59. The minimum atomic E-state index is -0.659. The van der Waals surface area contributed by atoms with E-state index in [0.717, 1.165) is 4.47 Å². The highest BCUT2D eigenvalue weighted by molar-refractivity contribution is 9.10. The maximum absolute atomic E-state index is 12.2. The molecule has 0 unspecified atom stereocenters. The Labute approximate surface area is 140 Å². The number of hydrogen-bond acceptors (Lipinski definition) is 3. The van der Waals surface area contributed by atoms with Gasteiger partial charge in [0.15, 0.2) is 6.10 Å². The van der Waals surface area contributed by atoms with Crippen LogP contribution in [0.5, 0.6) is 5.75 Å². The summed E-state index contributed by atoms with van der Waals surface area (Å²) in [6.07, 6.45) is -0.659. The monoisotopic (exact) mass is 370 g/mol. The van der Waals surface area contributed by atoms with Gasteiger partial charge in [-0.15, -0.1) is 0 Å². The third-order valence-electron chi connectivity index (χ3n) is 2.75. The Morgan fingerprint density at radius 2 is 1.82 bits per heavy atom. The zero-order chi connectivity index (χ0) is 16.9. The molecule has 0 heterocycles. The van der Waals surface area contributed by atoms with Crippen molar-refractivity contribution in [1.82, 2.24) is 10.2 Å². The SMILES string of the molecule is C[C@H](Oc1ccc(Br)cc1)C(=O)N(C)CC(=O)NC(C)(C)C. The Hall–Kier alpha value is -1.56. The molecule has 22 heavy (non-hydrogen) atoms. The first-order valence-electron chi connectivity index (χ1n) is 7.07. The van der Waals surface area contributed by atoms with Crippen LogP contribution in [0.1, 0.15) is 27.7 Å². The van der Waals surface area contributed by atoms with Crippen LogP contribution >= 0.6 is 15.9 Å². The first kappa shape index (κ1) is 18.5. The van der Waals surface area contributed by atoms with Gasteiger partial charge in [-0.25, -0.2) is 0 Å². The Morgan fingerprint density at radius 1 is 1.27 bits per heavy atom. The minimum Gasteiger partial charge on any atom is -0.481 e. The fourth-order valence-electron chi connectivity index (χ4n) is 1.83. The molecule has 1 N–H and O–H groups in total. The van der Waals surface area contributed by atoms with E-state index in [9.17, 15) is 9.59 Å². The Kier molecular flexibility index (Phi) is 6.41. The molecule has 0 aliphatic heterocycles. The van der Waals surface area contributed by atoms with Gasteiger partial charge in [0.1, 0.15) is 5.75 Å². The molecule has 0 aliphatic carbocycles. The molecule has 1 aromatic carbocycles. The van der Waals surface area contributed by atoms with E-state index in [1.54, 1.807) is 26.1 Å². The molecule has 0 radical (unpaired) electrons. The number of halogens is 1. The quantitative estimate of drug-likeness (QED) is 0.866. The lowest BCUT2D eigenvalue weighted by Crippen LogP contribution is -2.48. The predicted octanol–water partition coefficient (Wildman–Crippen LogP) is 2.59. The van der Waals surface area contributed by atoms with Crippen molar-refractivity contribution >= 4 is 27.7 Å². The topological polar surface area (TPSA) is 58.6 Å². The summed E-state index contributed by atoms with van der Waals surface area (Å²) in [4.78, 5) is 25.4. The van der Waals surface area contributed by atoms with E-state index in [-0.39, 0.29) is 23.9 Å². The molecule has 0 spiro atoms. The molecule has 0 aliphatic rings. The molecule has 122 valence electrons. The molecule has 5 nitrogen and oxygen atoms in total. The average Bonchev–Trinajstić information content (AvgIpc) is 2.38. The van der Waals surface area contributed by atoms with E-state index in [1.807, 2.05) is 32.9 Å². The number of benzene rings is 1. The van der Waals surface area contributed by atoms with Crippen LogP contribution in [0.4, 0.5) is 0 Å². The summed E-state index contributed by atoms with van der Waals surface area (Å²) in [5.41, 5.74) is -0.319. The second-order valence-corrected chi connectivity index (χ2v) is 7.12. The highest BCUT2D eigenvalue weighted by Gasteiger charge is 2.22. The highest BCUT2D eigenvalue weighted by Crippen LogP contribution is 2.17. The van der Waals surface area contributed by atoms with Crippen molar-refractivity contribution < 1.29 is 14.3 Å². The lowest BCUT2D eigenvalue weighted by atomic mass is 10.1. The van der Waals surface area contributed by atoms with Gasteiger partial charge in [-0.1, -0.05) is 15.9 Å². The number of likely N-dealkylation sites (N-methyl/N-ethyl adjacent to an activating group) is 1. The summed E-state index contributed by atoms with van der Waals surface area (Å²) in [6.45, 7) is 7.36. The number of hydrogen-bond donors (Lipinski definition) is 1. The zero-order valence-electron chi connectivity index (χ0n) is 13.6. The van der Waals surface area contributed by atoms with Crippen LogP contribution in [0.15, 0.2) is 28.7 Å². The first-order chi connectivity index (χ1) is 10.1. The molecule has 0 bridgehead atoms. The van der Waals surface area contributed by atoms with Gasteiger partial charge in [0.05, 0.1) is 6.54 Å². The summed E-state index contributed by atoms with van der Waals surface area (Å²) in [6, 6.07) is 7.24. The van der Waals surface area contributed by atoms with Gasteiger partial charge in [0.25, 0.3) is 5.91 Å². The Balaban J connectivity index is 2.54. The third-order valence-corrected chi connectivity index (χ3v) is 3.27. The second kappa shape index (κ2) is 7.63. The highest BCUT2D eigenvalue weighted by atomic mass is 79.9. The Morgan fingerprint density at radius 3 is 2.32 bits per heavy atom. The molecule has 1 atom stereocenters. The van der Waals surface area contributed by atoms with Crippen LogP contribution in [0, 0.1) is 0 Å². The third kappa shape index (κ3) is 6.47.